The molecule has 0 atom stereocenters. The highest BCUT2D eigenvalue weighted by molar-refractivity contribution is 7.81. The predicted molar refractivity (Wildman–Crippen MR) is 55.3 cm³/mol. The van der Waals surface area contributed by atoms with E-state index in [4.69, 9.17) is 5.73 Å². The fourth-order valence-electron chi connectivity index (χ4n) is 0.683. The summed E-state index contributed by atoms with van der Waals surface area (Å²) in [7, 11) is 0. The Labute approximate surface area is 76.3 Å². The van der Waals surface area contributed by atoms with E-state index in [-0.39, 0.29) is 4.99 Å². The minimum absolute atomic E-state index is 0.262. The highest BCUT2D eigenvalue weighted by Gasteiger charge is 1.83. The lowest BCUT2D eigenvalue weighted by Gasteiger charge is -1.96. The molecule has 0 amide bonds. The van der Waals surface area contributed by atoms with E-state index >= 15 is 0 Å². The molecule has 0 spiro atoms. The average Bonchev–Trinajstić information content (AvgIpc) is 2.05. The van der Waals surface area contributed by atoms with Gasteiger partial charge in [-0.05, 0) is 12.1 Å². The van der Waals surface area contributed by atoms with E-state index in [0.29, 0.717) is 0 Å². The summed E-state index contributed by atoms with van der Waals surface area (Å²) < 4.78 is 0. The second kappa shape index (κ2) is 4.46. The van der Waals surface area contributed by atoms with Gasteiger partial charge in [0.1, 0.15) is 4.99 Å². The maximum absolute atomic E-state index is 5.20. The minimum atomic E-state index is 0.262. The van der Waals surface area contributed by atoms with Gasteiger partial charge in [0.2, 0.25) is 0 Å². The van der Waals surface area contributed by atoms with E-state index in [1.807, 2.05) is 30.3 Å². The van der Waals surface area contributed by atoms with Gasteiger partial charge in [-0.3, -0.25) is 5.43 Å². The Kier molecular flexibility index (Phi) is 3.22. The molecular formula is C8H9N3S. The maximum Gasteiger partial charge on any atom is 0.117 e. The van der Waals surface area contributed by atoms with Gasteiger partial charge in [-0.15, -0.1) is 0 Å². The number of benzene rings is 1. The third-order valence-electron chi connectivity index (χ3n) is 1.16. The van der Waals surface area contributed by atoms with Crippen LogP contribution in [0.2, 0.25) is 0 Å². The number of nitrogens with two attached hydrogens (primary N) is 1. The highest BCUT2D eigenvalue weighted by atomic mass is 32.1. The topological polar surface area (TPSA) is 50.4 Å². The Balaban J connectivity index is 2.49. The first-order chi connectivity index (χ1) is 5.79. The average molecular weight is 179 g/mol. The Hall–Kier alpha value is -1.42. The smallest absolute Gasteiger partial charge is 0.117 e. The zero-order valence-electron chi connectivity index (χ0n) is 6.40. The van der Waals surface area contributed by atoms with Gasteiger partial charge in [0.05, 0.1) is 11.9 Å². The summed E-state index contributed by atoms with van der Waals surface area (Å²) in [5, 5.41) is 3.80. The SMILES string of the molecule is NC(=S)/C=N/Nc1ccccc1. The molecule has 0 aliphatic rings. The molecule has 0 radical (unpaired) electrons. The summed E-state index contributed by atoms with van der Waals surface area (Å²) in [6, 6.07) is 9.56. The summed E-state index contributed by atoms with van der Waals surface area (Å²) in [6.45, 7) is 0. The van der Waals surface area contributed by atoms with Crippen molar-refractivity contribution in [1.82, 2.24) is 0 Å². The van der Waals surface area contributed by atoms with E-state index in [9.17, 15) is 0 Å². The van der Waals surface area contributed by atoms with Crippen molar-refractivity contribution in [2.75, 3.05) is 5.43 Å². The Morgan fingerprint density at radius 3 is 2.67 bits per heavy atom. The van der Waals surface area contributed by atoms with Crippen molar-refractivity contribution in [1.29, 1.82) is 0 Å². The molecule has 1 aromatic rings. The lowest BCUT2D eigenvalue weighted by molar-refractivity contribution is 1.36. The zero-order chi connectivity index (χ0) is 8.81. The number of anilines is 1. The Morgan fingerprint density at radius 2 is 2.08 bits per heavy atom. The zero-order valence-corrected chi connectivity index (χ0v) is 7.21. The molecule has 12 heavy (non-hydrogen) atoms. The first-order valence-electron chi connectivity index (χ1n) is 3.42. The van der Waals surface area contributed by atoms with E-state index < -0.39 is 0 Å². The molecule has 1 rings (SSSR count). The Morgan fingerprint density at radius 1 is 1.42 bits per heavy atom. The van der Waals surface area contributed by atoms with E-state index in [1.54, 1.807) is 0 Å². The summed E-state index contributed by atoms with van der Waals surface area (Å²) in [5.41, 5.74) is 8.88. The van der Waals surface area contributed by atoms with Gasteiger partial charge >= 0.3 is 0 Å². The van der Waals surface area contributed by atoms with Crippen LogP contribution in [-0.2, 0) is 0 Å². The van der Waals surface area contributed by atoms with Crippen LogP contribution in [-0.4, -0.2) is 11.2 Å². The molecule has 0 unspecified atom stereocenters. The van der Waals surface area contributed by atoms with Gasteiger partial charge in [-0.1, -0.05) is 30.4 Å². The van der Waals surface area contributed by atoms with Crippen LogP contribution in [0, 0.1) is 0 Å². The van der Waals surface area contributed by atoms with Crippen molar-refractivity contribution in [2.45, 2.75) is 0 Å². The first-order valence-corrected chi connectivity index (χ1v) is 3.83. The largest absolute Gasteiger partial charge is 0.389 e. The predicted octanol–water partition coefficient (Wildman–Crippen LogP) is 1.37. The second-order valence-corrected chi connectivity index (χ2v) is 2.61. The molecule has 3 N–H and O–H groups in total. The van der Waals surface area contributed by atoms with Crippen molar-refractivity contribution in [2.24, 2.45) is 10.8 Å². The van der Waals surface area contributed by atoms with Crippen LogP contribution >= 0.6 is 12.2 Å². The normalized spacial score (nSPS) is 10.0. The van der Waals surface area contributed by atoms with E-state index in [0.717, 1.165) is 5.69 Å². The summed E-state index contributed by atoms with van der Waals surface area (Å²) in [4.78, 5) is 0.262. The third-order valence-corrected chi connectivity index (χ3v) is 1.26. The fraction of sp³-hybridized carbons (Fsp3) is 0. The van der Waals surface area contributed by atoms with Crippen LogP contribution in [0.25, 0.3) is 0 Å². The number of hydrogen-bond acceptors (Lipinski definition) is 3. The molecule has 0 heterocycles. The van der Waals surface area contributed by atoms with Crippen molar-refractivity contribution in [3.05, 3.63) is 30.3 Å². The van der Waals surface area contributed by atoms with Crippen molar-refractivity contribution < 1.29 is 0 Å². The monoisotopic (exact) mass is 179 g/mol. The van der Waals surface area contributed by atoms with Crippen LogP contribution < -0.4 is 11.2 Å². The van der Waals surface area contributed by atoms with Crippen LogP contribution in [0.15, 0.2) is 35.4 Å². The van der Waals surface area contributed by atoms with Crippen molar-refractivity contribution in [3.63, 3.8) is 0 Å². The minimum Gasteiger partial charge on any atom is -0.389 e. The lowest BCUT2D eigenvalue weighted by atomic mass is 10.3. The number of nitrogens with zero attached hydrogens (tertiary/aromatic N) is 1. The molecule has 0 saturated heterocycles. The third kappa shape index (κ3) is 3.12. The first kappa shape index (κ1) is 8.67. The highest BCUT2D eigenvalue weighted by Crippen LogP contribution is 2.03. The second-order valence-electron chi connectivity index (χ2n) is 2.14. The molecule has 4 heteroatoms. The maximum atomic E-state index is 5.20. The number of hydrogen-bond donors (Lipinski definition) is 2. The number of hydrazone groups is 1. The van der Waals surface area contributed by atoms with Crippen LogP contribution in [0.1, 0.15) is 0 Å². The van der Waals surface area contributed by atoms with Gasteiger partial charge in [0.15, 0.2) is 0 Å². The van der Waals surface area contributed by atoms with Crippen LogP contribution in [0.4, 0.5) is 5.69 Å². The van der Waals surface area contributed by atoms with Crippen LogP contribution in [0.5, 0.6) is 0 Å². The number of thiocarbonyl (C=S) groups is 1. The van der Waals surface area contributed by atoms with E-state index in [2.05, 4.69) is 22.7 Å². The van der Waals surface area contributed by atoms with Gasteiger partial charge in [0, 0.05) is 0 Å². The summed E-state index contributed by atoms with van der Waals surface area (Å²) in [6.07, 6.45) is 1.39. The molecule has 0 saturated carbocycles. The molecule has 0 bridgehead atoms. The number of rotatable bonds is 3. The molecule has 0 aliphatic heterocycles. The number of nitrogens with one attached hydrogen (secondary N) is 1. The number of para-hydroxylation sites is 1. The quantitative estimate of drug-likeness (QED) is 0.418. The standard InChI is InChI=1S/C8H9N3S/c9-8(12)6-10-11-7-4-2-1-3-5-7/h1-6,11H,(H2,9,12)/b10-6+. The van der Waals surface area contributed by atoms with Crippen molar-refractivity contribution in [3.8, 4) is 0 Å². The fourth-order valence-corrected chi connectivity index (χ4v) is 0.736. The van der Waals surface area contributed by atoms with Gasteiger partial charge < -0.3 is 5.73 Å². The van der Waals surface area contributed by atoms with Crippen molar-refractivity contribution >= 4 is 29.1 Å². The molecule has 0 fully saturated rings. The molecule has 0 aliphatic carbocycles. The summed E-state index contributed by atoms with van der Waals surface area (Å²) in [5.74, 6) is 0. The van der Waals surface area contributed by atoms with E-state index in [1.165, 1.54) is 6.21 Å². The van der Waals surface area contributed by atoms with Gasteiger partial charge in [-0.25, -0.2) is 0 Å². The lowest BCUT2D eigenvalue weighted by Crippen LogP contribution is -2.09. The van der Waals surface area contributed by atoms with Gasteiger partial charge in [-0.2, -0.15) is 5.10 Å². The Bertz CT molecular complexity index is 282. The van der Waals surface area contributed by atoms with Gasteiger partial charge in [0.25, 0.3) is 0 Å². The molecule has 62 valence electrons. The molecule has 3 nitrogen and oxygen atoms in total. The molecule has 0 aromatic heterocycles. The van der Waals surface area contributed by atoms with Crippen LogP contribution in [0.3, 0.4) is 0 Å². The molecular weight excluding hydrogens is 170 g/mol. The molecule has 1 aromatic carbocycles. The summed E-state index contributed by atoms with van der Waals surface area (Å²) >= 11 is 4.60.